The zero-order valence-electron chi connectivity index (χ0n) is 12.0. The predicted molar refractivity (Wildman–Crippen MR) is 84.1 cm³/mol. The quantitative estimate of drug-likeness (QED) is 0.662. The third-order valence-corrected chi connectivity index (χ3v) is 4.23. The monoisotopic (exact) mass is 287 g/mol. The number of para-hydroxylation sites is 1. The predicted octanol–water partition coefficient (Wildman–Crippen LogP) is 4.54. The molecule has 1 aromatic carbocycles. The van der Waals surface area contributed by atoms with E-state index in [9.17, 15) is 0 Å². The fourth-order valence-corrected chi connectivity index (χ4v) is 2.79. The minimum absolute atomic E-state index is 0.347. The first-order chi connectivity index (χ1) is 9.63. The maximum absolute atomic E-state index is 6.10. The van der Waals surface area contributed by atoms with Gasteiger partial charge in [-0.3, -0.25) is 4.98 Å². The van der Waals surface area contributed by atoms with Crippen molar-refractivity contribution in [2.24, 2.45) is 5.92 Å². The van der Waals surface area contributed by atoms with Gasteiger partial charge < -0.3 is 4.57 Å². The summed E-state index contributed by atoms with van der Waals surface area (Å²) in [6.45, 7) is 6.66. The van der Waals surface area contributed by atoms with Gasteiger partial charge in [-0.05, 0) is 18.9 Å². The zero-order chi connectivity index (χ0) is 14.3. The van der Waals surface area contributed by atoms with Crippen molar-refractivity contribution in [2.75, 3.05) is 0 Å². The van der Waals surface area contributed by atoms with Gasteiger partial charge in [0.15, 0.2) is 0 Å². The maximum atomic E-state index is 6.10. The molecule has 0 N–H and O–H groups in total. The van der Waals surface area contributed by atoms with E-state index in [1.807, 2.05) is 24.4 Å². The second-order valence-electron chi connectivity index (χ2n) is 5.53. The second-order valence-corrected chi connectivity index (χ2v) is 5.79. The molecular formula is C16H18ClN3. The molecule has 1 unspecified atom stereocenters. The van der Waals surface area contributed by atoms with E-state index in [0.717, 1.165) is 27.8 Å². The Hall–Kier alpha value is -1.61. The van der Waals surface area contributed by atoms with Crippen LogP contribution >= 0.6 is 11.6 Å². The van der Waals surface area contributed by atoms with Crippen LogP contribution in [0.4, 0.5) is 0 Å². The molecule has 0 amide bonds. The largest absolute Gasteiger partial charge is 0.323 e. The van der Waals surface area contributed by atoms with Gasteiger partial charge in [-0.25, -0.2) is 4.98 Å². The smallest absolute Gasteiger partial charge is 0.125 e. The molecule has 3 rings (SSSR count). The molecule has 2 heterocycles. The van der Waals surface area contributed by atoms with Gasteiger partial charge in [0.2, 0.25) is 0 Å². The van der Waals surface area contributed by atoms with Crippen molar-refractivity contribution in [3.8, 4) is 0 Å². The van der Waals surface area contributed by atoms with E-state index >= 15 is 0 Å². The van der Waals surface area contributed by atoms with E-state index in [0.29, 0.717) is 17.8 Å². The average molecular weight is 288 g/mol. The number of alkyl halides is 1. The van der Waals surface area contributed by atoms with Crippen molar-refractivity contribution in [3.05, 3.63) is 36.3 Å². The van der Waals surface area contributed by atoms with Crippen LogP contribution in [0.3, 0.4) is 0 Å². The summed E-state index contributed by atoms with van der Waals surface area (Å²) < 4.78 is 2.27. The van der Waals surface area contributed by atoms with Crippen LogP contribution in [0.25, 0.3) is 21.9 Å². The average Bonchev–Trinajstić information content (AvgIpc) is 2.85. The Labute approximate surface area is 123 Å². The van der Waals surface area contributed by atoms with Crippen LogP contribution in [0.1, 0.15) is 32.6 Å². The van der Waals surface area contributed by atoms with E-state index < -0.39 is 0 Å². The van der Waals surface area contributed by atoms with Gasteiger partial charge in [0, 0.05) is 11.4 Å². The molecule has 0 bridgehead atoms. The molecule has 20 heavy (non-hydrogen) atoms. The van der Waals surface area contributed by atoms with Crippen LogP contribution < -0.4 is 0 Å². The standard InChI is InChI=1S/C16H18ClN3/c1-10(2)11(3)20-15(8-17)19-14-9-18-13-7-5-4-6-12(13)16(14)20/h4-7,9-11H,8H2,1-3H3. The van der Waals surface area contributed by atoms with Gasteiger partial charge in [0.25, 0.3) is 0 Å². The molecule has 1 atom stereocenters. The van der Waals surface area contributed by atoms with Gasteiger partial charge in [0.1, 0.15) is 11.3 Å². The minimum atomic E-state index is 0.347. The Bertz CT molecular complexity index is 761. The number of aromatic nitrogens is 3. The summed E-state index contributed by atoms with van der Waals surface area (Å²) in [6.07, 6.45) is 1.84. The Kier molecular flexibility index (Phi) is 3.38. The Morgan fingerprint density at radius 1 is 1.15 bits per heavy atom. The lowest BCUT2D eigenvalue weighted by Crippen LogP contribution is -2.14. The lowest BCUT2D eigenvalue weighted by atomic mass is 10.1. The fraction of sp³-hybridized carbons (Fsp3) is 0.375. The van der Waals surface area contributed by atoms with E-state index in [1.165, 1.54) is 0 Å². The summed E-state index contributed by atoms with van der Waals surface area (Å²) in [4.78, 5) is 9.14. The van der Waals surface area contributed by atoms with E-state index in [2.05, 4.69) is 41.4 Å². The third kappa shape index (κ3) is 1.97. The Balaban J connectivity index is 2.43. The summed E-state index contributed by atoms with van der Waals surface area (Å²) >= 11 is 6.10. The van der Waals surface area contributed by atoms with Crippen LogP contribution in [-0.2, 0) is 5.88 Å². The molecule has 3 aromatic rings. The first kappa shape index (κ1) is 13.4. The highest BCUT2D eigenvalue weighted by molar-refractivity contribution is 6.17. The van der Waals surface area contributed by atoms with Crippen LogP contribution in [0.5, 0.6) is 0 Å². The van der Waals surface area contributed by atoms with Gasteiger partial charge >= 0.3 is 0 Å². The second kappa shape index (κ2) is 5.06. The number of halogens is 1. The van der Waals surface area contributed by atoms with Crippen LogP contribution in [0, 0.1) is 5.92 Å². The molecular weight excluding hydrogens is 270 g/mol. The SMILES string of the molecule is CC(C)C(C)n1c(CCl)nc2cnc3ccccc3c21. The molecule has 0 radical (unpaired) electrons. The number of fused-ring (bicyclic) bond motifs is 3. The number of nitrogens with zero attached hydrogens (tertiary/aromatic N) is 3. The molecule has 2 aromatic heterocycles. The van der Waals surface area contributed by atoms with Crippen LogP contribution in [-0.4, -0.2) is 14.5 Å². The van der Waals surface area contributed by atoms with Gasteiger partial charge in [-0.15, -0.1) is 11.6 Å². The van der Waals surface area contributed by atoms with Crippen LogP contribution in [0.15, 0.2) is 30.5 Å². The fourth-order valence-electron chi connectivity index (χ4n) is 2.60. The van der Waals surface area contributed by atoms with Crippen molar-refractivity contribution in [1.29, 1.82) is 0 Å². The highest BCUT2D eigenvalue weighted by Gasteiger charge is 2.19. The lowest BCUT2D eigenvalue weighted by Gasteiger charge is -2.21. The first-order valence-corrected chi connectivity index (χ1v) is 7.47. The Morgan fingerprint density at radius 2 is 1.90 bits per heavy atom. The van der Waals surface area contributed by atoms with E-state index in [1.54, 1.807) is 0 Å². The van der Waals surface area contributed by atoms with Crippen molar-refractivity contribution >= 4 is 33.5 Å². The highest BCUT2D eigenvalue weighted by Crippen LogP contribution is 2.30. The molecule has 104 valence electrons. The van der Waals surface area contributed by atoms with Crippen molar-refractivity contribution in [2.45, 2.75) is 32.7 Å². The molecule has 0 fully saturated rings. The number of hydrogen-bond donors (Lipinski definition) is 0. The summed E-state index contributed by atoms with van der Waals surface area (Å²) in [5.41, 5.74) is 3.07. The van der Waals surface area contributed by atoms with E-state index in [-0.39, 0.29) is 0 Å². The topological polar surface area (TPSA) is 30.7 Å². The summed E-state index contributed by atoms with van der Waals surface area (Å²) in [5, 5.41) is 1.14. The van der Waals surface area contributed by atoms with Crippen molar-refractivity contribution < 1.29 is 0 Å². The summed E-state index contributed by atoms with van der Waals surface area (Å²) in [5.74, 6) is 1.85. The van der Waals surface area contributed by atoms with E-state index in [4.69, 9.17) is 11.6 Å². The molecule has 0 saturated heterocycles. The Morgan fingerprint density at radius 3 is 2.60 bits per heavy atom. The lowest BCUT2D eigenvalue weighted by molar-refractivity contribution is 0.409. The van der Waals surface area contributed by atoms with Crippen molar-refractivity contribution in [3.63, 3.8) is 0 Å². The first-order valence-electron chi connectivity index (χ1n) is 6.94. The highest BCUT2D eigenvalue weighted by atomic mass is 35.5. The molecule has 0 aliphatic rings. The molecule has 4 heteroatoms. The normalized spacial score (nSPS) is 13.4. The molecule has 0 aliphatic carbocycles. The molecule has 3 nitrogen and oxygen atoms in total. The molecule has 0 saturated carbocycles. The number of rotatable bonds is 3. The number of hydrogen-bond acceptors (Lipinski definition) is 2. The molecule has 0 aliphatic heterocycles. The number of pyridine rings is 1. The van der Waals surface area contributed by atoms with Gasteiger partial charge in [0.05, 0.1) is 23.1 Å². The van der Waals surface area contributed by atoms with Crippen molar-refractivity contribution in [1.82, 2.24) is 14.5 Å². The van der Waals surface area contributed by atoms with Crippen LogP contribution in [0.2, 0.25) is 0 Å². The third-order valence-electron chi connectivity index (χ3n) is 3.99. The number of benzene rings is 1. The number of imidazole rings is 1. The summed E-state index contributed by atoms with van der Waals surface area (Å²) in [6, 6.07) is 8.54. The maximum Gasteiger partial charge on any atom is 0.125 e. The minimum Gasteiger partial charge on any atom is -0.323 e. The molecule has 0 spiro atoms. The summed E-state index contributed by atoms with van der Waals surface area (Å²) in [7, 11) is 0. The van der Waals surface area contributed by atoms with Gasteiger partial charge in [-0.2, -0.15) is 0 Å². The van der Waals surface area contributed by atoms with Gasteiger partial charge in [-0.1, -0.05) is 32.0 Å². The zero-order valence-corrected chi connectivity index (χ0v) is 12.7.